The fourth-order valence-corrected chi connectivity index (χ4v) is 3.99. The Balaban J connectivity index is 2.46. The van der Waals surface area contributed by atoms with E-state index in [2.05, 4.69) is 0 Å². The fraction of sp³-hybridized carbons (Fsp3) is 0.286. The van der Waals surface area contributed by atoms with Gasteiger partial charge in [-0.1, -0.05) is 48.4 Å². The van der Waals surface area contributed by atoms with Crippen LogP contribution >= 0.6 is 34.5 Å². The molecular weight excluding hydrogens is 335 g/mol. The van der Waals surface area contributed by atoms with E-state index < -0.39 is 23.3 Å². The SMILES string of the molecule is CC1C(C(=O)O)=CC=CC1(Cc1cc(Cl)sc1Cl)C(=O)O. The first kappa shape index (κ1) is 16.1. The first-order chi connectivity index (χ1) is 9.78. The lowest BCUT2D eigenvalue weighted by molar-refractivity contribution is -0.148. The molecule has 1 aliphatic carbocycles. The Hall–Kier alpha value is -1.30. The number of carboxylic acids is 2. The van der Waals surface area contributed by atoms with Gasteiger partial charge >= 0.3 is 11.9 Å². The Labute approximate surface area is 135 Å². The molecule has 4 nitrogen and oxygen atoms in total. The van der Waals surface area contributed by atoms with Gasteiger partial charge in [0, 0.05) is 11.5 Å². The van der Waals surface area contributed by atoms with Gasteiger partial charge in [0.15, 0.2) is 0 Å². The molecule has 0 amide bonds. The van der Waals surface area contributed by atoms with Gasteiger partial charge in [-0.05, 0) is 18.1 Å². The molecule has 0 saturated carbocycles. The highest BCUT2D eigenvalue weighted by atomic mass is 35.5. The van der Waals surface area contributed by atoms with Crippen LogP contribution in [-0.4, -0.2) is 22.2 Å². The van der Waals surface area contributed by atoms with E-state index >= 15 is 0 Å². The van der Waals surface area contributed by atoms with Gasteiger partial charge in [-0.2, -0.15) is 0 Å². The number of hydrogen-bond acceptors (Lipinski definition) is 3. The minimum Gasteiger partial charge on any atom is -0.481 e. The molecule has 0 aliphatic heterocycles. The standard InChI is InChI=1S/C14H12Cl2O4S/c1-7-9(12(17)18)3-2-4-14(7,13(19)20)6-8-5-10(15)21-11(8)16/h2-5,7H,6H2,1H3,(H,17,18)(H,19,20). The molecule has 21 heavy (non-hydrogen) atoms. The molecular formula is C14H12Cl2O4S. The van der Waals surface area contributed by atoms with Crippen molar-refractivity contribution in [1.29, 1.82) is 0 Å². The largest absolute Gasteiger partial charge is 0.481 e. The van der Waals surface area contributed by atoms with Crippen LogP contribution in [0.15, 0.2) is 29.9 Å². The van der Waals surface area contributed by atoms with Gasteiger partial charge in [0.25, 0.3) is 0 Å². The van der Waals surface area contributed by atoms with Crippen LogP contribution in [0.1, 0.15) is 12.5 Å². The zero-order chi connectivity index (χ0) is 15.8. The van der Waals surface area contributed by atoms with Crippen molar-refractivity contribution in [3.05, 3.63) is 44.1 Å². The number of allylic oxidation sites excluding steroid dienone is 2. The number of carboxylic acid groups (broad SMARTS) is 2. The highest BCUT2D eigenvalue weighted by Crippen LogP contribution is 2.44. The Bertz CT molecular complexity index is 662. The lowest BCUT2D eigenvalue weighted by Gasteiger charge is -2.34. The summed E-state index contributed by atoms with van der Waals surface area (Å²) in [5.74, 6) is -2.89. The average molecular weight is 347 g/mol. The molecule has 7 heteroatoms. The molecule has 1 heterocycles. The molecule has 2 unspecified atom stereocenters. The average Bonchev–Trinajstić information content (AvgIpc) is 2.69. The summed E-state index contributed by atoms with van der Waals surface area (Å²) in [5.41, 5.74) is -0.675. The van der Waals surface area contributed by atoms with E-state index in [9.17, 15) is 19.8 Å². The second kappa shape index (κ2) is 5.83. The van der Waals surface area contributed by atoms with Crippen molar-refractivity contribution in [2.75, 3.05) is 0 Å². The summed E-state index contributed by atoms with van der Waals surface area (Å²) in [6, 6.07) is 1.62. The van der Waals surface area contributed by atoms with E-state index in [1.807, 2.05) is 0 Å². The molecule has 1 aromatic rings. The van der Waals surface area contributed by atoms with Crippen molar-refractivity contribution in [1.82, 2.24) is 0 Å². The number of thiophene rings is 1. The summed E-state index contributed by atoms with van der Waals surface area (Å²) < 4.78 is 0.893. The van der Waals surface area contributed by atoms with Crippen molar-refractivity contribution in [3.63, 3.8) is 0 Å². The number of aliphatic carboxylic acids is 2. The summed E-state index contributed by atoms with van der Waals surface area (Å²) in [7, 11) is 0. The Morgan fingerprint density at radius 2 is 2.05 bits per heavy atom. The molecule has 0 bridgehead atoms. The monoisotopic (exact) mass is 346 g/mol. The van der Waals surface area contributed by atoms with E-state index in [4.69, 9.17) is 23.2 Å². The maximum atomic E-state index is 11.8. The Kier molecular flexibility index (Phi) is 4.46. The van der Waals surface area contributed by atoms with Gasteiger partial charge in [-0.15, -0.1) is 11.3 Å². The highest BCUT2D eigenvalue weighted by molar-refractivity contribution is 7.20. The Morgan fingerprint density at radius 3 is 2.52 bits per heavy atom. The summed E-state index contributed by atoms with van der Waals surface area (Å²) in [6.07, 6.45) is 4.51. The molecule has 2 rings (SSSR count). The third kappa shape index (κ3) is 2.86. The lowest BCUT2D eigenvalue weighted by atomic mass is 9.67. The molecule has 2 atom stereocenters. The third-order valence-electron chi connectivity index (χ3n) is 3.76. The summed E-state index contributed by atoms with van der Waals surface area (Å²) >= 11 is 13.1. The molecule has 112 valence electrons. The first-order valence-corrected chi connectivity index (χ1v) is 7.65. The molecule has 0 fully saturated rings. The van der Waals surface area contributed by atoms with Crippen molar-refractivity contribution in [2.24, 2.45) is 11.3 Å². The maximum absolute atomic E-state index is 11.8. The van der Waals surface area contributed by atoms with Gasteiger partial charge in [-0.25, -0.2) is 4.79 Å². The predicted molar refractivity (Wildman–Crippen MR) is 82.1 cm³/mol. The molecule has 0 saturated heterocycles. The highest BCUT2D eigenvalue weighted by Gasteiger charge is 2.46. The first-order valence-electron chi connectivity index (χ1n) is 6.07. The van der Waals surface area contributed by atoms with Crippen molar-refractivity contribution < 1.29 is 19.8 Å². The van der Waals surface area contributed by atoms with Crippen LogP contribution in [-0.2, 0) is 16.0 Å². The van der Waals surface area contributed by atoms with E-state index in [0.29, 0.717) is 14.2 Å². The zero-order valence-electron chi connectivity index (χ0n) is 11.0. The van der Waals surface area contributed by atoms with Gasteiger partial charge in [0.05, 0.1) is 14.1 Å². The van der Waals surface area contributed by atoms with E-state index in [0.717, 1.165) is 11.3 Å². The van der Waals surface area contributed by atoms with Crippen LogP contribution in [0.5, 0.6) is 0 Å². The fourth-order valence-electron chi connectivity index (χ4n) is 2.50. The van der Waals surface area contributed by atoms with Crippen LogP contribution in [0.4, 0.5) is 0 Å². The molecule has 1 aliphatic rings. The predicted octanol–water partition coefficient (Wildman–Crippen LogP) is 3.89. The quantitative estimate of drug-likeness (QED) is 0.867. The summed E-state index contributed by atoms with van der Waals surface area (Å²) in [5, 5.41) is 18.9. The van der Waals surface area contributed by atoms with Crippen molar-refractivity contribution >= 4 is 46.5 Å². The topological polar surface area (TPSA) is 74.6 Å². The smallest absolute Gasteiger partial charge is 0.331 e. The number of halogens is 2. The molecule has 2 N–H and O–H groups in total. The number of carbonyl (C=O) groups is 2. The van der Waals surface area contributed by atoms with Crippen LogP contribution in [0, 0.1) is 11.3 Å². The normalized spacial score (nSPS) is 24.7. The van der Waals surface area contributed by atoms with Crippen LogP contribution in [0.3, 0.4) is 0 Å². The summed E-state index contributed by atoms with van der Waals surface area (Å²) in [4.78, 5) is 23.1. The summed E-state index contributed by atoms with van der Waals surface area (Å²) in [6.45, 7) is 1.60. The van der Waals surface area contributed by atoms with E-state index in [1.54, 1.807) is 13.0 Å². The maximum Gasteiger partial charge on any atom is 0.331 e. The van der Waals surface area contributed by atoms with Gasteiger partial charge < -0.3 is 10.2 Å². The van der Waals surface area contributed by atoms with Gasteiger partial charge in [0.2, 0.25) is 0 Å². The van der Waals surface area contributed by atoms with E-state index in [-0.39, 0.29) is 12.0 Å². The Morgan fingerprint density at radius 1 is 1.38 bits per heavy atom. The zero-order valence-corrected chi connectivity index (χ0v) is 13.3. The molecule has 0 spiro atoms. The minimum atomic E-state index is -1.35. The number of hydrogen-bond donors (Lipinski definition) is 2. The molecule has 1 aromatic heterocycles. The third-order valence-corrected chi connectivity index (χ3v) is 5.33. The van der Waals surface area contributed by atoms with Gasteiger partial charge in [-0.3, -0.25) is 4.79 Å². The second-order valence-electron chi connectivity index (χ2n) is 4.88. The van der Waals surface area contributed by atoms with Crippen LogP contribution < -0.4 is 0 Å². The van der Waals surface area contributed by atoms with E-state index in [1.165, 1.54) is 18.2 Å². The van der Waals surface area contributed by atoms with Crippen LogP contribution in [0.2, 0.25) is 8.67 Å². The van der Waals surface area contributed by atoms with Gasteiger partial charge in [0.1, 0.15) is 0 Å². The molecule has 0 aromatic carbocycles. The second-order valence-corrected chi connectivity index (χ2v) is 7.17. The van der Waals surface area contributed by atoms with Crippen molar-refractivity contribution in [3.8, 4) is 0 Å². The van der Waals surface area contributed by atoms with Crippen molar-refractivity contribution in [2.45, 2.75) is 13.3 Å². The lowest BCUT2D eigenvalue weighted by Crippen LogP contribution is -2.41. The van der Waals surface area contributed by atoms with Crippen LogP contribution in [0.25, 0.3) is 0 Å². The molecule has 0 radical (unpaired) electrons. The number of rotatable bonds is 4. The minimum absolute atomic E-state index is 0.0670.